The topological polar surface area (TPSA) is 67.9 Å². The number of hydrogen-bond acceptors (Lipinski definition) is 4. The highest BCUT2D eigenvalue weighted by Crippen LogP contribution is 2.34. The maximum atomic E-state index is 12.5. The molecule has 0 aromatic heterocycles. The van der Waals surface area contributed by atoms with Gasteiger partial charge >= 0.3 is 0 Å². The molecule has 1 fully saturated rings. The van der Waals surface area contributed by atoms with E-state index in [9.17, 15) is 9.59 Å². The van der Waals surface area contributed by atoms with Crippen LogP contribution in [0.15, 0.2) is 42.5 Å². The molecule has 27 heavy (non-hydrogen) atoms. The second-order valence-corrected chi connectivity index (χ2v) is 6.73. The van der Waals surface area contributed by atoms with Crippen molar-refractivity contribution < 1.29 is 19.1 Å². The van der Waals surface area contributed by atoms with Crippen molar-refractivity contribution in [2.24, 2.45) is 5.92 Å². The summed E-state index contributed by atoms with van der Waals surface area (Å²) in [4.78, 5) is 26.5. The van der Waals surface area contributed by atoms with Crippen molar-refractivity contribution in [2.75, 3.05) is 25.7 Å². The Morgan fingerprint density at radius 3 is 2.52 bits per heavy atom. The van der Waals surface area contributed by atoms with Crippen LogP contribution in [0.1, 0.15) is 12.0 Å². The molecule has 2 amide bonds. The summed E-state index contributed by atoms with van der Waals surface area (Å²) in [5.41, 5.74) is 1.64. The maximum absolute atomic E-state index is 12.5. The van der Waals surface area contributed by atoms with E-state index in [-0.39, 0.29) is 18.2 Å². The number of hydrogen-bond donors (Lipinski definition) is 1. The fourth-order valence-corrected chi connectivity index (χ4v) is 3.19. The number of anilines is 1. The van der Waals surface area contributed by atoms with Gasteiger partial charge in [-0.1, -0.05) is 23.7 Å². The molecule has 6 nitrogen and oxygen atoms in total. The maximum Gasteiger partial charge on any atom is 0.227 e. The highest BCUT2D eigenvalue weighted by Gasteiger charge is 2.35. The first kappa shape index (κ1) is 19.0. The van der Waals surface area contributed by atoms with E-state index in [2.05, 4.69) is 5.32 Å². The summed E-state index contributed by atoms with van der Waals surface area (Å²) in [7, 11) is 3.10. The van der Waals surface area contributed by atoms with Crippen LogP contribution >= 0.6 is 11.6 Å². The smallest absolute Gasteiger partial charge is 0.227 e. The van der Waals surface area contributed by atoms with Gasteiger partial charge in [0.2, 0.25) is 11.8 Å². The molecule has 2 aromatic rings. The van der Waals surface area contributed by atoms with Crippen molar-refractivity contribution in [1.29, 1.82) is 0 Å². The minimum atomic E-state index is -0.391. The van der Waals surface area contributed by atoms with E-state index >= 15 is 0 Å². The van der Waals surface area contributed by atoms with E-state index < -0.39 is 5.92 Å². The van der Waals surface area contributed by atoms with Gasteiger partial charge < -0.3 is 19.7 Å². The van der Waals surface area contributed by atoms with E-state index in [0.29, 0.717) is 35.3 Å². The zero-order valence-corrected chi connectivity index (χ0v) is 16.0. The molecule has 0 aliphatic carbocycles. The molecule has 7 heteroatoms. The second kappa shape index (κ2) is 8.31. The van der Waals surface area contributed by atoms with Gasteiger partial charge in [0.15, 0.2) is 11.5 Å². The summed E-state index contributed by atoms with van der Waals surface area (Å²) < 4.78 is 10.5. The molecular weight excluding hydrogens is 368 g/mol. The first-order valence-corrected chi connectivity index (χ1v) is 8.94. The number of rotatable bonds is 6. The van der Waals surface area contributed by atoms with Gasteiger partial charge in [-0.05, 0) is 29.8 Å². The Balaban J connectivity index is 1.64. The minimum absolute atomic E-state index is 0.0890. The van der Waals surface area contributed by atoms with Crippen LogP contribution in [0, 0.1) is 5.92 Å². The van der Waals surface area contributed by atoms with Gasteiger partial charge in [-0.25, -0.2) is 0 Å². The highest BCUT2D eigenvalue weighted by atomic mass is 35.5. The van der Waals surface area contributed by atoms with E-state index in [1.54, 1.807) is 49.5 Å². The molecular formula is C20H21ClN2O4. The van der Waals surface area contributed by atoms with Crippen LogP contribution in [0.4, 0.5) is 5.69 Å². The summed E-state index contributed by atoms with van der Waals surface area (Å²) in [5, 5.41) is 3.54. The van der Waals surface area contributed by atoms with Crippen molar-refractivity contribution in [3.63, 3.8) is 0 Å². The standard InChI is InChI=1S/C20H21ClN2O4/c1-26-17-8-7-16(10-18(17)27-2)23-12-14(9-19(23)24)20(25)22-11-13-3-5-15(21)6-4-13/h3-8,10,14H,9,11-12H2,1-2H3,(H,22,25). The molecule has 0 radical (unpaired) electrons. The summed E-state index contributed by atoms with van der Waals surface area (Å²) in [6.45, 7) is 0.734. The quantitative estimate of drug-likeness (QED) is 0.826. The van der Waals surface area contributed by atoms with E-state index in [4.69, 9.17) is 21.1 Å². The molecule has 0 bridgehead atoms. The average Bonchev–Trinajstić information content (AvgIpc) is 3.08. The van der Waals surface area contributed by atoms with E-state index in [1.165, 1.54) is 0 Å². The summed E-state index contributed by atoms with van der Waals surface area (Å²) in [6.07, 6.45) is 0.181. The molecule has 1 N–H and O–H groups in total. The number of nitrogens with zero attached hydrogens (tertiary/aromatic N) is 1. The van der Waals surface area contributed by atoms with Gasteiger partial charge in [-0.2, -0.15) is 0 Å². The third-order valence-corrected chi connectivity index (χ3v) is 4.81. The number of nitrogens with one attached hydrogen (secondary N) is 1. The Labute approximate surface area is 163 Å². The van der Waals surface area contributed by atoms with Crippen molar-refractivity contribution >= 4 is 29.1 Å². The SMILES string of the molecule is COc1ccc(N2CC(C(=O)NCc3ccc(Cl)cc3)CC2=O)cc1OC. The predicted molar refractivity (Wildman–Crippen MR) is 103 cm³/mol. The third kappa shape index (κ3) is 4.34. The monoisotopic (exact) mass is 388 g/mol. The van der Waals surface area contributed by atoms with Crippen molar-refractivity contribution in [1.82, 2.24) is 5.32 Å². The van der Waals surface area contributed by atoms with Crippen LogP contribution in [0.5, 0.6) is 11.5 Å². The van der Waals surface area contributed by atoms with Gasteiger partial charge in [0.25, 0.3) is 0 Å². The zero-order valence-electron chi connectivity index (χ0n) is 15.2. The number of benzene rings is 2. The lowest BCUT2D eigenvalue weighted by molar-refractivity contribution is -0.126. The highest BCUT2D eigenvalue weighted by molar-refractivity contribution is 6.30. The average molecular weight is 389 g/mol. The molecule has 0 saturated carbocycles. The Morgan fingerprint density at radius 2 is 1.85 bits per heavy atom. The molecule has 1 heterocycles. The minimum Gasteiger partial charge on any atom is -0.493 e. The molecule has 142 valence electrons. The Hall–Kier alpha value is -2.73. The molecule has 1 aliphatic rings. The Bertz CT molecular complexity index is 838. The number of ether oxygens (including phenoxy) is 2. The number of halogens is 1. The largest absolute Gasteiger partial charge is 0.493 e. The first-order valence-electron chi connectivity index (χ1n) is 8.56. The van der Waals surface area contributed by atoms with Gasteiger partial charge in [0, 0.05) is 36.3 Å². The number of carbonyl (C=O) groups excluding carboxylic acids is 2. The first-order chi connectivity index (χ1) is 13.0. The molecule has 1 unspecified atom stereocenters. The van der Waals surface area contributed by atoms with Crippen LogP contribution in [-0.2, 0) is 16.1 Å². The van der Waals surface area contributed by atoms with Crippen molar-refractivity contribution in [2.45, 2.75) is 13.0 Å². The number of carbonyl (C=O) groups is 2. The number of methoxy groups -OCH3 is 2. The second-order valence-electron chi connectivity index (χ2n) is 6.29. The van der Waals surface area contributed by atoms with Crippen LogP contribution in [0.3, 0.4) is 0 Å². The molecule has 1 aliphatic heterocycles. The third-order valence-electron chi connectivity index (χ3n) is 4.55. The van der Waals surface area contributed by atoms with Crippen LogP contribution in [0.2, 0.25) is 5.02 Å². The molecule has 3 rings (SSSR count). The summed E-state index contributed by atoms with van der Waals surface area (Å²) >= 11 is 5.86. The zero-order chi connectivity index (χ0) is 19.4. The normalized spacial score (nSPS) is 16.3. The van der Waals surface area contributed by atoms with E-state index in [1.807, 2.05) is 12.1 Å². The lowest BCUT2D eigenvalue weighted by Gasteiger charge is -2.18. The Kier molecular flexibility index (Phi) is 5.86. The molecule has 2 aromatic carbocycles. The van der Waals surface area contributed by atoms with E-state index in [0.717, 1.165) is 5.56 Å². The van der Waals surface area contributed by atoms with Crippen LogP contribution in [-0.4, -0.2) is 32.6 Å². The van der Waals surface area contributed by atoms with Crippen LogP contribution in [0.25, 0.3) is 0 Å². The lowest BCUT2D eigenvalue weighted by atomic mass is 10.1. The molecule has 0 spiro atoms. The van der Waals surface area contributed by atoms with Crippen LogP contribution < -0.4 is 19.7 Å². The summed E-state index contributed by atoms with van der Waals surface area (Å²) in [6, 6.07) is 12.5. The van der Waals surface area contributed by atoms with Gasteiger partial charge in [-0.15, -0.1) is 0 Å². The van der Waals surface area contributed by atoms with Gasteiger partial charge in [-0.3, -0.25) is 9.59 Å². The number of amides is 2. The predicted octanol–water partition coefficient (Wildman–Crippen LogP) is 3.03. The fraction of sp³-hybridized carbons (Fsp3) is 0.300. The van der Waals surface area contributed by atoms with Crippen molar-refractivity contribution in [3.05, 3.63) is 53.1 Å². The summed E-state index contributed by atoms with van der Waals surface area (Å²) in [5.74, 6) is 0.511. The van der Waals surface area contributed by atoms with Gasteiger partial charge in [0.1, 0.15) is 0 Å². The fourth-order valence-electron chi connectivity index (χ4n) is 3.06. The van der Waals surface area contributed by atoms with Gasteiger partial charge in [0.05, 0.1) is 20.1 Å². The Morgan fingerprint density at radius 1 is 1.15 bits per heavy atom. The molecule has 1 atom stereocenters. The molecule has 1 saturated heterocycles. The van der Waals surface area contributed by atoms with Crippen molar-refractivity contribution in [3.8, 4) is 11.5 Å². The lowest BCUT2D eigenvalue weighted by Crippen LogP contribution is -2.32.